The molecule has 8 nitrogen and oxygen atoms in total. The third-order valence-corrected chi connectivity index (χ3v) is 8.21. The van der Waals surface area contributed by atoms with Gasteiger partial charge in [0.1, 0.15) is 18.1 Å². The maximum Gasteiger partial charge on any atom is 0.337 e. The summed E-state index contributed by atoms with van der Waals surface area (Å²) in [5.74, 6) is -0.184. The summed E-state index contributed by atoms with van der Waals surface area (Å²) in [7, 11) is 2.68. The Kier molecular flexibility index (Phi) is 11.6. The summed E-state index contributed by atoms with van der Waals surface area (Å²) in [5.41, 5.74) is 4.21. The van der Waals surface area contributed by atoms with E-state index in [1.54, 1.807) is 12.1 Å². The van der Waals surface area contributed by atoms with Gasteiger partial charge in [0.05, 0.1) is 37.9 Å². The minimum atomic E-state index is -0.537. The quantitative estimate of drug-likeness (QED) is 0.176. The van der Waals surface area contributed by atoms with Gasteiger partial charge in [-0.15, -0.1) is 0 Å². The van der Waals surface area contributed by atoms with Crippen LogP contribution in [0, 0.1) is 5.92 Å². The highest BCUT2D eigenvalue weighted by Gasteiger charge is 2.29. The molecule has 1 fully saturated rings. The molecule has 4 rings (SSSR count). The molecule has 1 amide bonds. The predicted molar refractivity (Wildman–Crippen MR) is 173 cm³/mol. The van der Waals surface area contributed by atoms with E-state index in [0.717, 1.165) is 49.0 Å². The number of nitrogens with one attached hydrogen (secondary N) is 1. The number of rotatable bonds is 12. The van der Waals surface area contributed by atoms with Crippen LogP contribution in [-0.2, 0) is 32.7 Å². The average Bonchev–Trinajstić information content (AvgIpc) is 3.05. The van der Waals surface area contributed by atoms with Crippen molar-refractivity contribution in [3.63, 3.8) is 0 Å². The number of carbonyl (C=O) groups is 3. The van der Waals surface area contributed by atoms with Crippen molar-refractivity contribution in [2.75, 3.05) is 20.8 Å². The Bertz CT molecular complexity index is 1440. The monoisotopic (exact) mass is 615 g/mol. The molecule has 0 spiro atoms. The fourth-order valence-corrected chi connectivity index (χ4v) is 5.52. The summed E-state index contributed by atoms with van der Waals surface area (Å²) >= 11 is 0. The smallest absolute Gasteiger partial charge is 0.337 e. The Balaban J connectivity index is 1.30. The topological polar surface area (TPSA) is 100 Å². The number of hydrogen-bond donors (Lipinski definition) is 1. The Labute approximate surface area is 266 Å². The summed E-state index contributed by atoms with van der Waals surface area (Å²) in [4.78, 5) is 37.6. The normalized spacial score (nSPS) is 16.4. The highest BCUT2D eigenvalue weighted by atomic mass is 16.5. The fourth-order valence-electron chi connectivity index (χ4n) is 5.52. The van der Waals surface area contributed by atoms with Crippen LogP contribution in [0.5, 0.6) is 11.5 Å². The van der Waals surface area contributed by atoms with Gasteiger partial charge in [-0.2, -0.15) is 0 Å². The maximum atomic E-state index is 13.4. The van der Waals surface area contributed by atoms with Crippen LogP contribution in [0.1, 0.15) is 90.3 Å². The van der Waals surface area contributed by atoms with E-state index in [-0.39, 0.29) is 40.4 Å². The largest absolute Gasteiger partial charge is 0.493 e. The fraction of sp³-hybridized carbons (Fsp3) is 0.432. The van der Waals surface area contributed by atoms with Crippen LogP contribution in [0.2, 0.25) is 0 Å². The van der Waals surface area contributed by atoms with E-state index in [1.165, 1.54) is 25.8 Å². The SMILES string of the molecule is COC(=O)c1ccc(OCCCc2ccc(OCc3ccc(C(C)(C)C)cc3)cc2)c(C(=O)NC2CCCC(C(=O)OC)C2)c1. The number of amides is 1. The Hall–Kier alpha value is -4.33. The molecule has 1 aliphatic rings. The lowest BCUT2D eigenvalue weighted by Crippen LogP contribution is -2.40. The lowest BCUT2D eigenvalue weighted by atomic mass is 9.85. The highest BCUT2D eigenvalue weighted by molar-refractivity contribution is 6.00. The molecular formula is C37H45NO7. The van der Waals surface area contributed by atoms with E-state index in [2.05, 4.69) is 50.4 Å². The van der Waals surface area contributed by atoms with Crippen LogP contribution in [0.15, 0.2) is 66.7 Å². The van der Waals surface area contributed by atoms with Crippen LogP contribution in [0.4, 0.5) is 0 Å². The van der Waals surface area contributed by atoms with Gasteiger partial charge >= 0.3 is 11.9 Å². The van der Waals surface area contributed by atoms with Gasteiger partial charge in [0, 0.05) is 6.04 Å². The maximum absolute atomic E-state index is 13.4. The van der Waals surface area contributed by atoms with E-state index < -0.39 is 5.97 Å². The Morgan fingerprint density at radius 2 is 1.56 bits per heavy atom. The van der Waals surface area contributed by atoms with E-state index in [1.807, 2.05) is 24.3 Å². The molecule has 1 saturated carbocycles. The number of esters is 2. The van der Waals surface area contributed by atoms with Gasteiger partial charge in [0.2, 0.25) is 0 Å². The molecule has 0 heterocycles. The number of ether oxygens (including phenoxy) is 4. The van der Waals surface area contributed by atoms with Crippen LogP contribution >= 0.6 is 0 Å². The van der Waals surface area contributed by atoms with Gasteiger partial charge in [0.25, 0.3) is 5.91 Å². The first-order valence-corrected chi connectivity index (χ1v) is 15.6. The van der Waals surface area contributed by atoms with Gasteiger partial charge in [0.15, 0.2) is 0 Å². The third kappa shape index (κ3) is 9.58. The first kappa shape index (κ1) is 33.6. The molecule has 1 N–H and O–H groups in total. The molecule has 8 heteroatoms. The molecule has 45 heavy (non-hydrogen) atoms. The second kappa shape index (κ2) is 15.6. The number of hydrogen-bond acceptors (Lipinski definition) is 7. The molecule has 0 aromatic heterocycles. The second-order valence-electron chi connectivity index (χ2n) is 12.6. The van der Waals surface area contributed by atoms with Gasteiger partial charge < -0.3 is 24.3 Å². The minimum Gasteiger partial charge on any atom is -0.493 e. The van der Waals surface area contributed by atoms with Crippen molar-refractivity contribution in [1.29, 1.82) is 0 Å². The summed E-state index contributed by atoms with van der Waals surface area (Å²) in [6.45, 7) is 7.50. The first-order valence-electron chi connectivity index (χ1n) is 15.6. The Morgan fingerprint density at radius 3 is 2.22 bits per heavy atom. The molecule has 0 saturated heterocycles. The molecule has 0 bridgehead atoms. The van der Waals surface area contributed by atoms with Crippen molar-refractivity contribution < 1.29 is 33.3 Å². The predicted octanol–water partition coefficient (Wildman–Crippen LogP) is 6.82. The first-order chi connectivity index (χ1) is 21.6. The number of methoxy groups -OCH3 is 2. The van der Waals surface area contributed by atoms with Gasteiger partial charge in [-0.3, -0.25) is 9.59 Å². The van der Waals surface area contributed by atoms with E-state index in [9.17, 15) is 14.4 Å². The molecule has 3 aromatic carbocycles. The number of benzene rings is 3. The second-order valence-corrected chi connectivity index (χ2v) is 12.6. The number of carbonyl (C=O) groups excluding carboxylic acids is 3. The van der Waals surface area contributed by atoms with Crippen LogP contribution in [0.3, 0.4) is 0 Å². The summed E-state index contributed by atoms with van der Waals surface area (Å²) < 4.78 is 21.8. The van der Waals surface area contributed by atoms with Crippen LogP contribution in [0.25, 0.3) is 0 Å². The molecule has 1 aliphatic carbocycles. The van der Waals surface area contributed by atoms with Crippen LogP contribution in [-0.4, -0.2) is 44.7 Å². The zero-order valence-electron chi connectivity index (χ0n) is 27.0. The number of aryl methyl sites for hydroxylation is 1. The van der Waals surface area contributed by atoms with Gasteiger partial charge in [-0.25, -0.2) is 4.79 Å². The van der Waals surface area contributed by atoms with Crippen LogP contribution < -0.4 is 14.8 Å². The summed E-state index contributed by atoms with van der Waals surface area (Å²) in [5, 5.41) is 3.03. The molecule has 3 aromatic rings. The molecule has 0 radical (unpaired) electrons. The lowest BCUT2D eigenvalue weighted by Gasteiger charge is -2.28. The van der Waals surface area contributed by atoms with E-state index >= 15 is 0 Å². The molecule has 240 valence electrons. The van der Waals surface area contributed by atoms with Crippen molar-refractivity contribution in [2.24, 2.45) is 5.92 Å². The average molecular weight is 616 g/mol. The van der Waals surface area contributed by atoms with Crippen molar-refractivity contribution in [3.8, 4) is 11.5 Å². The van der Waals surface area contributed by atoms with E-state index in [0.29, 0.717) is 25.4 Å². The molecule has 2 unspecified atom stereocenters. The molecular weight excluding hydrogens is 570 g/mol. The molecule has 0 aliphatic heterocycles. The minimum absolute atomic E-state index is 0.124. The zero-order valence-corrected chi connectivity index (χ0v) is 27.0. The van der Waals surface area contributed by atoms with Crippen molar-refractivity contribution in [2.45, 2.75) is 77.4 Å². The summed E-state index contributed by atoms with van der Waals surface area (Å²) in [6.07, 6.45) is 4.35. The van der Waals surface area contributed by atoms with Gasteiger partial charge in [-0.05, 0) is 84.5 Å². The standard InChI is InChI=1S/C37H45NO7/c1-37(2,3)29-16-11-26(12-17-29)24-45-31-18-13-25(14-19-31)8-7-21-44-33-20-15-28(36(41)43-5)23-32(33)34(39)38-30-10-6-9-27(22-30)35(40)42-4/h11-20,23,27,30H,6-10,21-22,24H2,1-5H3,(H,38,39). The van der Waals surface area contributed by atoms with Crippen molar-refractivity contribution in [1.82, 2.24) is 5.32 Å². The summed E-state index contributed by atoms with van der Waals surface area (Å²) in [6, 6.07) is 21.1. The lowest BCUT2D eigenvalue weighted by molar-refractivity contribution is -0.146. The van der Waals surface area contributed by atoms with Crippen molar-refractivity contribution in [3.05, 3.63) is 94.5 Å². The highest BCUT2D eigenvalue weighted by Crippen LogP contribution is 2.27. The van der Waals surface area contributed by atoms with Crippen molar-refractivity contribution >= 4 is 17.8 Å². The molecule has 2 atom stereocenters. The van der Waals surface area contributed by atoms with Gasteiger partial charge in [-0.1, -0.05) is 63.6 Å². The third-order valence-electron chi connectivity index (χ3n) is 8.21. The zero-order chi connectivity index (χ0) is 32.4. The Morgan fingerprint density at radius 1 is 0.844 bits per heavy atom. The van der Waals surface area contributed by atoms with E-state index in [4.69, 9.17) is 18.9 Å².